The van der Waals surface area contributed by atoms with E-state index in [9.17, 15) is 9.18 Å². The maximum absolute atomic E-state index is 13.9. The second-order valence-electron chi connectivity index (χ2n) is 4.88. The molecule has 0 aliphatic carbocycles. The normalized spacial score (nSPS) is 21.3. The van der Waals surface area contributed by atoms with Crippen LogP contribution in [0.1, 0.15) is 19.3 Å². The molecule has 1 amide bonds. The molecule has 0 bridgehead atoms. The van der Waals surface area contributed by atoms with E-state index in [0.717, 1.165) is 0 Å². The first-order valence-corrected chi connectivity index (χ1v) is 6.93. The first-order chi connectivity index (χ1) is 9.08. The summed E-state index contributed by atoms with van der Waals surface area (Å²) in [6, 6.07) is 2.99. The molecule has 0 aromatic heterocycles. The molecule has 19 heavy (non-hydrogen) atoms. The number of hydrogen-bond acceptors (Lipinski definition) is 3. The molecule has 1 spiro atoms. The third kappa shape index (κ3) is 2.47. The van der Waals surface area contributed by atoms with Crippen LogP contribution in [0, 0.1) is 5.82 Å². The van der Waals surface area contributed by atoms with Crippen molar-refractivity contribution in [1.29, 1.82) is 0 Å². The summed E-state index contributed by atoms with van der Waals surface area (Å²) < 4.78 is 25.8. The number of carbonyl (C=O) groups excluding carboxylic acids is 1. The zero-order valence-electron chi connectivity index (χ0n) is 10.2. The van der Waals surface area contributed by atoms with E-state index >= 15 is 0 Å². The van der Waals surface area contributed by atoms with Gasteiger partial charge in [0.2, 0.25) is 5.91 Å². The molecule has 1 fully saturated rings. The molecule has 1 aromatic rings. The Hall–Kier alpha value is -1.14. The molecule has 2 aliphatic rings. The van der Waals surface area contributed by atoms with Crippen LogP contribution in [0.15, 0.2) is 16.6 Å². The van der Waals surface area contributed by atoms with Gasteiger partial charge in [0, 0.05) is 17.3 Å². The van der Waals surface area contributed by atoms with Gasteiger partial charge in [0.25, 0.3) is 0 Å². The summed E-state index contributed by atoms with van der Waals surface area (Å²) in [5.41, 5.74) is -0.461. The summed E-state index contributed by atoms with van der Waals surface area (Å²) in [5.74, 6) is -0.344. The Morgan fingerprint density at radius 3 is 2.79 bits per heavy atom. The number of ether oxygens (including phenoxy) is 2. The fraction of sp³-hybridized carbons (Fsp3) is 0.462. The highest BCUT2D eigenvalue weighted by Gasteiger charge is 2.40. The Morgan fingerprint density at radius 1 is 1.32 bits per heavy atom. The van der Waals surface area contributed by atoms with Gasteiger partial charge >= 0.3 is 0 Å². The number of fused-ring (bicyclic) bond motifs is 1. The third-order valence-corrected chi connectivity index (χ3v) is 3.95. The van der Waals surface area contributed by atoms with Gasteiger partial charge in [0.1, 0.15) is 17.0 Å². The lowest BCUT2D eigenvalue weighted by Gasteiger charge is -2.35. The lowest BCUT2D eigenvalue weighted by atomic mass is 9.90. The summed E-state index contributed by atoms with van der Waals surface area (Å²) >= 11 is 3.24. The van der Waals surface area contributed by atoms with E-state index in [2.05, 4.69) is 21.2 Å². The zero-order chi connectivity index (χ0) is 13.5. The minimum atomic E-state index is -0.583. The van der Waals surface area contributed by atoms with Crippen molar-refractivity contribution in [2.45, 2.75) is 24.9 Å². The molecule has 0 radical (unpaired) electrons. The fourth-order valence-corrected chi connectivity index (χ4v) is 2.93. The van der Waals surface area contributed by atoms with E-state index < -0.39 is 11.4 Å². The standard InChI is InChI=1S/C13H13BrFNO3/c14-8-5-9(15)12-10(6-8)19-13(7-11(17)16-12)1-3-18-4-2-13/h5-6H,1-4,7H2,(H,16,17). The van der Waals surface area contributed by atoms with Gasteiger partial charge in [-0.2, -0.15) is 0 Å². The van der Waals surface area contributed by atoms with Crippen LogP contribution in [0.2, 0.25) is 0 Å². The number of anilines is 1. The Morgan fingerprint density at radius 2 is 2.05 bits per heavy atom. The van der Waals surface area contributed by atoms with Crippen molar-refractivity contribution in [3.63, 3.8) is 0 Å². The van der Waals surface area contributed by atoms with Gasteiger partial charge in [0.05, 0.1) is 19.6 Å². The van der Waals surface area contributed by atoms with E-state index in [1.807, 2.05) is 0 Å². The highest BCUT2D eigenvalue weighted by atomic mass is 79.9. The van der Waals surface area contributed by atoms with Gasteiger partial charge in [-0.15, -0.1) is 0 Å². The predicted octanol–water partition coefficient (Wildman–Crippen LogP) is 2.86. The summed E-state index contributed by atoms with van der Waals surface area (Å²) in [5, 5.41) is 2.59. The number of rotatable bonds is 0. The largest absolute Gasteiger partial charge is 0.484 e. The minimum absolute atomic E-state index is 0.122. The number of nitrogens with one attached hydrogen (secondary N) is 1. The number of hydrogen-bond donors (Lipinski definition) is 1. The molecule has 6 heteroatoms. The molecule has 2 aliphatic heterocycles. The molecular weight excluding hydrogens is 317 g/mol. The zero-order valence-corrected chi connectivity index (χ0v) is 11.8. The van der Waals surface area contributed by atoms with Crippen molar-refractivity contribution in [1.82, 2.24) is 0 Å². The van der Waals surface area contributed by atoms with E-state index in [0.29, 0.717) is 36.3 Å². The van der Waals surface area contributed by atoms with E-state index in [4.69, 9.17) is 9.47 Å². The molecule has 0 unspecified atom stereocenters. The molecule has 4 nitrogen and oxygen atoms in total. The summed E-state index contributed by atoms with van der Waals surface area (Å²) in [6.45, 7) is 1.11. The first-order valence-electron chi connectivity index (χ1n) is 6.14. The van der Waals surface area contributed by atoms with Crippen LogP contribution < -0.4 is 10.1 Å². The summed E-state index contributed by atoms with van der Waals surface area (Å²) in [4.78, 5) is 11.9. The van der Waals surface area contributed by atoms with Gasteiger partial charge < -0.3 is 14.8 Å². The Kier molecular flexibility index (Phi) is 3.22. The van der Waals surface area contributed by atoms with Gasteiger partial charge in [-0.1, -0.05) is 15.9 Å². The SMILES string of the molecule is O=C1CC2(CCOCC2)Oc2cc(Br)cc(F)c2N1. The minimum Gasteiger partial charge on any atom is -0.484 e. The average molecular weight is 330 g/mol. The van der Waals surface area contributed by atoms with Crippen LogP contribution in [0.5, 0.6) is 5.75 Å². The topological polar surface area (TPSA) is 47.6 Å². The maximum atomic E-state index is 13.9. The van der Waals surface area contributed by atoms with Crippen LogP contribution in [-0.2, 0) is 9.53 Å². The monoisotopic (exact) mass is 329 g/mol. The highest BCUT2D eigenvalue weighted by Crippen LogP contribution is 2.40. The van der Waals surface area contributed by atoms with Crippen molar-refractivity contribution in [3.05, 3.63) is 22.4 Å². The molecule has 102 valence electrons. The van der Waals surface area contributed by atoms with E-state index in [1.165, 1.54) is 6.07 Å². The van der Waals surface area contributed by atoms with Crippen LogP contribution >= 0.6 is 15.9 Å². The Labute approximate surface area is 118 Å². The number of benzene rings is 1. The van der Waals surface area contributed by atoms with Crippen molar-refractivity contribution >= 4 is 27.5 Å². The molecule has 3 rings (SSSR count). The number of halogens is 2. The summed E-state index contributed by atoms with van der Waals surface area (Å²) in [7, 11) is 0. The van der Waals surface area contributed by atoms with Crippen LogP contribution in [0.25, 0.3) is 0 Å². The van der Waals surface area contributed by atoms with Gasteiger partial charge in [0.15, 0.2) is 5.82 Å². The van der Waals surface area contributed by atoms with Crippen molar-refractivity contribution in [2.75, 3.05) is 18.5 Å². The van der Waals surface area contributed by atoms with Crippen LogP contribution in [0.3, 0.4) is 0 Å². The molecule has 1 N–H and O–H groups in total. The Bertz CT molecular complexity index is 529. The molecule has 2 heterocycles. The summed E-state index contributed by atoms with van der Waals surface area (Å²) in [6.07, 6.45) is 1.49. The second kappa shape index (κ2) is 4.76. The Balaban J connectivity index is 2.03. The lowest BCUT2D eigenvalue weighted by molar-refractivity contribution is -0.122. The molecular formula is C13H13BrFNO3. The van der Waals surface area contributed by atoms with Gasteiger partial charge in [-0.05, 0) is 12.1 Å². The van der Waals surface area contributed by atoms with Gasteiger partial charge in [-0.25, -0.2) is 4.39 Å². The quantitative estimate of drug-likeness (QED) is 0.796. The lowest BCUT2D eigenvalue weighted by Crippen LogP contribution is -2.43. The molecule has 0 atom stereocenters. The third-order valence-electron chi connectivity index (χ3n) is 3.50. The number of carbonyl (C=O) groups is 1. The molecule has 1 saturated heterocycles. The van der Waals surface area contributed by atoms with Gasteiger partial charge in [-0.3, -0.25) is 4.79 Å². The maximum Gasteiger partial charge on any atom is 0.228 e. The van der Waals surface area contributed by atoms with Crippen molar-refractivity contribution in [3.8, 4) is 5.75 Å². The smallest absolute Gasteiger partial charge is 0.228 e. The average Bonchev–Trinajstić information content (AvgIpc) is 2.46. The fourth-order valence-electron chi connectivity index (χ4n) is 2.52. The van der Waals surface area contributed by atoms with Crippen molar-refractivity contribution in [2.24, 2.45) is 0 Å². The molecule has 0 saturated carbocycles. The van der Waals surface area contributed by atoms with E-state index in [-0.39, 0.29) is 18.0 Å². The highest BCUT2D eigenvalue weighted by molar-refractivity contribution is 9.10. The van der Waals surface area contributed by atoms with Crippen LogP contribution in [-0.4, -0.2) is 24.7 Å². The van der Waals surface area contributed by atoms with Crippen LogP contribution in [0.4, 0.5) is 10.1 Å². The van der Waals surface area contributed by atoms with E-state index in [1.54, 1.807) is 6.07 Å². The molecule has 1 aromatic carbocycles. The number of amides is 1. The second-order valence-corrected chi connectivity index (χ2v) is 5.80. The first kappa shape index (κ1) is 12.9. The predicted molar refractivity (Wildman–Crippen MR) is 70.8 cm³/mol. The van der Waals surface area contributed by atoms with Crippen molar-refractivity contribution < 1.29 is 18.7 Å².